The molecule has 0 amide bonds. The van der Waals surface area contributed by atoms with Gasteiger partial charge in [-0.15, -0.1) is 0 Å². The summed E-state index contributed by atoms with van der Waals surface area (Å²) in [5, 5.41) is 4.37. The maximum atomic E-state index is 5.53. The van der Waals surface area contributed by atoms with E-state index < -0.39 is 0 Å². The van der Waals surface area contributed by atoms with E-state index in [1.165, 1.54) is 0 Å². The summed E-state index contributed by atoms with van der Waals surface area (Å²) < 4.78 is 6.92. The molecule has 0 aliphatic heterocycles. The molecule has 1 aromatic heterocycles. The number of nitrogens with two attached hydrogens (primary N) is 1. The van der Waals surface area contributed by atoms with Crippen molar-refractivity contribution in [3.05, 3.63) is 18.0 Å². The Hall–Kier alpha value is -0.910. The summed E-state index contributed by atoms with van der Waals surface area (Å²) in [4.78, 5) is 2.32. The van der Waals surface area contributed by atoms with Crippen molar-refractivity contribution in [2.24, 2.45) is 12.8 Å². The second-order valence-corrected chi connectivity index (χ2v) is 3.89. The monoisotopic (exact) mass is 226 g/mol. The molecule has 0 aliphatic carbocycles. The van der Waals surface area contributed by atoms with Crippen molar-refractivity contribution in [2.75, 3.05) is 33.4 Å². The Labute approximate surface area is 97.2 Å². The van der Waals surface area contributed by atoms with Gasteiger partial charge in [-0.1, -0.05) is 0 Å². The van der Waals surface area contributed by atoms with Crippen molar-refractivity contribution in [1.82, 2.24) is 14.7 Å². The van der Waals surface area contributed by atoms with Crippen LogP contribution in [0.1, 0.15) is 12.1 Å². The van der Waals surface area contributed by atoms with E-state index in [9.17, 15) is 0 Å². The van der Waals surface area contributed by atoms with Gasteiger partial charge in [-0.2, -0.15) is 5.10 Å². The van der Waals surface area contributed by atoms with Gasteiger partial charge in [0.15, 0.2) is 0 Å². The summed E-state index contributed by atoms with van der Waals surface area (Å²) in [5.74, 6) is 0. The Morgan fingerprint density at radius 3 is 2.88 bits per heavy atom. The molecule has 0 bridgehead atoms. The number of rotatable bonds is 8. The van der Waals surface area contributed by atoms with Crippen LogP contribution in [0.2, 0.25) is 0 Å². The molecule has 1 aromatic rings. The standard InChI is InChI=1S/C11H22N4O/c1-14-7-4-11(13-14)10-15(6-3-5-12)8-9-16-2/h4,7H,3,5-6,8-10,12H2,1-2H3. The van der Waals surface area contributed by atoms with Crippen LogP contribution in [-0.4, -0.2) is 48.0 Å². The zero-order valence-electron chi connectivity index (χ0n) is 10.2. The highest BCUT2D eigenvalue weighted by Crippen LogP contribution is 2.02. The first-order valence-corrected chi connectivity index (χ1v) is 5.66. The van der Waals surface area contributed by atoms with Gasteiger partial charge in [0.1, 0.15) is 0 Å². The quantitative estimate of drug-likeness (QED) is 0.689. The van der Waals surface area contributed by atoms with Crippen LogP contribution in [0.5, 0.6) is 0 Å². The van der Waals surface area contributed by atoms with E-state index in [4.69, 9.17) is 10.5 Å². The van der Waals surface area contributed by atoms with E-state index in [1.807, 2.05) is 24.0 Å². The molecule has 0 unspecified atom stereocenters. The van der Waals surface area contributed by atoms with Gasteiger partial charge in [-0.05, 0) is 25.6 Å². The van der Waals surface area contributed by atoms with Gasteiger partial charge in [0.05, 0.1) is 12.3 Å². The lowest BCUT2D eigenvalue weighted by Crippen LogP contribution is -2.29. The van der Waals surface area contributed by atoms with Crippen LogP contribution in [0.25, 0.3) is 0 Å². The van der Waals surface area contributed by atoms with Crippen molar-refractivity contribution >= 4 is 0 Å². The Bertz CT molecular complexity index is 279. The minimum absolute atomic E-state index is 0.728. The minimum atomic E-state index is 0.728. The lowest BCUT2D eigenvalue weighted by molar-refractivity contribution is 0.142. The van der Waals surface area contributed by atoms with Gasteiger partial charge >= 0.3 is 0 Å². The van der Waals surface area contributed by atoms with E-state index in [-0.39, 0.29) is 0 Å². The number of aromatic nitrogens is 2. The number of hydrogen-bond donors (Lipinski definition) is 1. The summed E-state index contributed by atoms with van der Waals surface area (Å²) in [6, 6.07) is 2.04. The smallest absolute Gasteiger partial charge is 0.0764 e. The second-order valence-electron chi connectivity index (χ2n) is 3.89. The fourth-order valence-electron chi connectivity index (χ4n) is 1.58. The third-order valence-electron chi connectivity index (χ3n) is 2.44. The number of hydrogen-bond acceptors (Lipinski definition) is 4. The van der Waals surface area contributed by atoms with Crippen LogP contribution < -0.4 is 5.73 Å². The molecule has 5 nitrogen and oxygen atoms in total. The second kappa shape index (κ2) is 7.38. The normalized spacial score (nSPS) is 11.2. The molecule has 2 N–H and O–H groups in total. The van der Waals surface area contributed by atoms with E-state index in [2.05, 4.69) is 10.00 Å². The summed E-state index contributed by atoms with van der Waals surface area (Å²) in [5.41, 5.74) is 6.62. The van der Waals surface area contributed by atoms with E-state index in [0.29, 0.717) is 0 Å². The van der Waals surface area contributed by atoms with Crippen LogP contribution in [0, 0.1) is 0 Å². The van der Waals surface area contributed by atoms with Crippen molar-refractivity contribution in [3.63, 3.8) is 0 Å². The molecule has 0 saturated heterocycles. The van der Waals surface area contributed by atoms with Crippen LogP contribution in [0.3, 0.4) is 0 Å². The maximum absolute atomic E-state index is 5.53. The summed E-state index contributed by atoms with van der Waals surface area (Å²) >= 11 is 0. The molecule has 0 aromatic carbocycles. The van der Waals surface area contributed by atoms with Gasteiger partial charge in [0.2, 0.25) is 0 Å². The first kappa shape index (κ1) is 13.2. The fraction of sp³-hybridized carbons (Fsp3) is 0.727. The Morgan fingerprint density at radius 2 is 2.31 bits per heavy atom. The molecule has 0 fully saturated rings. The molecule has 1 rings (SSSR count). The lowest BCUT2D eigenvalue weighted by Gasteiger charge is -2.20. The Balaban J connectivity index is 2.41. The molecule has 92 valence electrons. The largest absolute Gasteiger partial charge is 0.383 e. The van der Waals surface area contributed by atoms with Crippen molar-refractivity contribution in [3.8, 4) is 0 Å². The predicted octanol–water partition coefficient (Wildman–Crippen LogP) is 0.217. The van der Waals surface area contributed by atoms with Crippen molar-refractivity contribution < 1.29 is 4.74 Å². The molecule has 5 heteroatoms. The van der Waals surface area contributed by atoms with E-state index in [0.717, 1.165) is 44.9 Å². The SMILES string of the molecule is COCCN(CCCN)Cc1ccn(C)n1. The third kappa shape index (κ3) is 4.74. The van der Waals surface area contributed by atoms with Crippen molar-refractivity contribution in [2.45, 2.75) is 13.0 Å². The van der Waals surface area contributed by atoms with Gasteiger partial charge in [-0.3, -0.25) is 9.58 Å². The Morgan fingerprint density at radius 1 is 1.50 bits per heavy atom. The molecule has 0 saturated carbocycles. The van der Waals surface area contributed by atoms with Crippen LogP contribution >= 0.6 is 0 Å². The summed E-state index contributed by atoms with van der Waals surface area (Å²) in [6.07, 6.45) is 2.98. The molecular formula is C11H22N4O. The molecule has 0 spiro atoms. The maximum Gasteiger partial charge on any atom is 0.0764 e. The molecule has 0 atom stereocenters. The van der Waals surface area contributed by atoms with Gasteiger partial charge in [-0.25, -0.2) is 0 Å². The average molecular weight is 226 g/mol. The van der Waals surface area contributed by atoms with Crippen molar-refractivity contribution in [1.29, 1.82) is 0 Å². The topological polar surface area (TPSA) is 56.3 Å². The highest BCUT2D eigenvalue weighted by Gasteiger charge is 2.07. The zero-order valence-corrected chi connectivity index (χ0v) is 10.2. The fourth-order valence-corrected chi connectivity index (χ4v) is 1.58. The van der Waals surface area contributed by atoms with Gasteiger partial charge in [0, 0.05) is 33.4 Å². The molecule has 0 radical (unpaired) electrons. The van der Waals surface area contributed by atoms with Crippen LogP contribution in [0.15, 0.2) is 12.3 Å². The van der Waals surface area contributed by atoms with Crippen LogP contribution in [-0.2, 0) is 18.3 Å². The zero-order chi connectivity index (χ0) is 11.8. The number of ether oxygens (including phenoxy) is 1. The van der Waals surface area contributed by atoms with Crippen LogP contribution in [0.4, 0.5) is 0 Å². The number of aryl methyl sites for hydroxylation is 1. The summed E-state index contributed by atoms with van der Waals surface area (Å²) in [6.45, 7) is 4.26. The number of nitrogens with zero attached hydrogens (tertiary/aromatic N) is 3. The molecule has 0 aliphatic rings. The highest BCUT2D eigenvalue weighted by molar-refractivity contribution is 4.98. The third-order valence-corrected chi connectivity index (χ3v) is 2.44. The lowest BCUT2D eigenvalue weighted by atomic mass is 10.3. The van der Waals surface area contributed by atoms with E-state index >= 15 is 0 Å². The first-order chi connectivity index (χ1) is 7.76. The molecular weight excluding hydrogens is 204 g/mol. The predicted molar refractivity (Wildman–Crippen MR) is 64.0 cm³/mol. The van der Waals surface area contributed by atoms with Gasteiger partial charge in [0.25, 0.3) is 0 Å². The molecule has 16 heavy (non-hydrogen) atoms. The highest BCUT2D eigenvalue weighted by atomic mass is 16.5. The first-order valence-electron chi connectivity index (χ1n) is 5.66. The Kier molecular flexibility index (Phi) is 6.07. The summed E-state index contributed by atoms with van der Waals surface area (Å²) in [7, 11) is 3.66. The van der Waals surface area contributed by atoms with Gasteiger partial charge < -0.3 is 10.5 Å². The van der Waals surface area contributed by atoms with E-state index in [1.54, 1.807) is 7.11 Å². The average Bonchev–Trinajstić information content (AvgIpc) is 2.68. The molecule has 1 heterocycles. The number of methoxy groups -OCH3 is 1. The minimum Gasteiger partial charge on any atom is -0.383 e.